The number of phenols is 2. The highest BCUT2D eigenvalue weighted by molar-refractivity contribution is 9.10. The molecule has 3 N–H and O–H groups in total. The molecule has 0 atom stereocenters. The van der Waals surface area contributed by atoms with Crippen LogP contribution >= 0.6 is 15.9 Å². The van der Waals surface area contributed by atoms with Crippen LogP contribution in [-0.2, 0) is 6.54 Å². The zero-order chi connectivity index (χ0) is 13.1. The summed E-state index contributed by atoms with van der Waals surface area (Å²) >= 11 is 3.37. The van der Waals surface area contributed by atoms with E-state index in [4.69, 9.17) is 0 Å². The van der Waals surface area contributed by atoms with Crippen molar-refractivity contribution in [3.8, 4) is 11.5 Å². The lowest BCUT2D eigenvalue weighted by Gasteiger charge is -2.11. The summed E-state index contributed by atoms with van der Waals surface area (Å²) in [6.07, 6.45) is 0. The van der Waals surface area contributed by atoms with Gasteiger partial charge in [0.1, 0.15) is 11.5 Å². The monoisotopic (exact) mass is 307 g/mol. The van der Waals surface area contributed by atoms with Gasteiger partial charge in [-0.05, 0) is 48.9 Å². The second-order valence-corrected chi connectivity index (χ2v) is 5.04. The Morgan fingerprint density at radius 2 is 1.89 bits per heavy atom. The highest BCUT2D eigenvalue weighted by atomic mass is 79.9. The van der Waals surface area contributed by atoms with E-state index in [-0.39, 0.29) is 11.5 Å². The topological polar surface area (TPSA) is 52.5 Å². The molecule has 94 valence electrons. The number of aryl methyl sites for hydroxylation is 1. The summed E-state index contributed by atoms with van der Waals surface area (Å²) in [4.78, 5) is 0. The zero-order valence-corrected chi connectivity index (χ0v) is 11.5. The number of hydrogen-bond acceptors (Lipinski definition) is 3. The maximum absolute atomic E-state index is 9.73. The lowest BCUT2D eigenvalue weighted by atomic mass is 10.1. The summed E-state index contributed by atoms with van der Waals surface area (Å²) in [6, 6.07) is 10.5. The predicted octanol–water partition coefficient (Wildman–Crippen LogP) is 3.78. The maximum atomic E-state index is 9.73. The van der Waals surface area contributed by atoms with E-state index < -0.39 is 0 Å². The molecule has 2 rings (SSSR count). The molecule has 0 saturated carbocycles. The Balaban J connectivity index is 2.13. The van der Waals surface area contributed by atoms with Gasteiger partial charge in [0.25, 0.3) is 0 Å². The molecule has 0 amide bonds. The van der Waals surface area contributed by atoms with Gasteiger partial charge in [-0.1, -0.05) is 15.9 Å². The molecule has 0 spiro atoms. The van der Waals surface area contributed by atoms with Gasteiger partial charge in [-0.2, -0.15) is 0 Å². The van der Waals surface area contributed by atoms with E-state index in [1.807, 2.05) is 19.1 Å². The van der Waals surface area contributed by atoms with Crippen molar-refractivity contribution in [2.24, 2.45) is 0 Å². The summed E-state index contributed by atoms with van der Waals surface area (Å²) < 4.78 is 0.930. The lowest BCUT2D eigenvalue weighted by Crippen LogP contribution is -2.01. The van der Waals surface area contributed by atoms with Crippen LogP contribution in [0, 0.1) is 6.92 Å². The first-order valence-corrected chi connectivity index (χ1v) is 6.36. The fourth-order valence-electron chi connectivity index (χ4n) is 1.73. The van der Waals surface area contributed by atoms with Crippen LogP contribution < -0.4 is 5.32 Å². The van der Waals surface area contributed by atoms with Gasteiger partial charge >= 0.3 is 0 Å². The van der Waals surface area contributed by atoms with E-state index in [2.05, 4.69) is 21.2 Å². The van der Waals surface area contributed by atoms with Gasteiger partial charge in [0.05, 0.1) is 0 Å². The Labute approximate surface area is 114 Å². The molecule has 4 heteroatoms. The van der Waals surface area contributed by atoms with Crippen LogP contribution in [0.3, 0.4) is 0 Å². The molecule has 0 aromatic heterocycles. The van der Waals surface area contributed by atoms with Gasteiger partial charge in [-0.25, -0.2) is 0 Å². The highest BCUT2D eigenvalue weighted by Crippen LogP contribution is 2.25. The Kier molecular flexibility index (Phi) is 3.77. The molecule has 0 aliphatic heterocycles. The third-order valence-corrected chi connectivity index (χ3v) is 3.21. The van der Waals surface area contributed by atoms with Crippen LogP contribution in [-0.4, -0.2) is 10.2 Å². The number of phenolic OH excluding ortho intramolecular Hbond substituents is 2. The van der Waals surface area contributed by atoms with Gasteiger partial charge in [0, 0.05) is 22.3 Å². The Morgan fingerprint density at radius 1 is 1.11 bits per heavy atom. The van der Waals surface area contributed by atoms with Crippen molar-refractivity contribution in [2.45, 2.75) is 13.5 Å². The third kappa shape index (κ3) is 2.96. The number of aromatic hydroxyl groups is 2. The molecule has 3 nitrogen and oxygen atoms in total. The number of benzene rings is 2. The first-order valence-electron chi connectivity index (χ1n) is 5.57. The van der Waals surface area contributed by atoms with Gasteiger partial charge in [0.2, 0.25) is 0 Å². The summed E-state index contributed by atoms with van der Waals surface area (Å²) in [5.74, 6) is 0.519. The minimum absolute atomic E-state index is 0.253. The highest BCUT2D eigenvalue weighted by Gasteiger charge is 2.03. The molecule has 0 aliphatic carbocycles. The maximum Gasteiger partial charge on any atom is 0.120 e. The summed E-state index contributed by atoms with van der Waals surface area (Å²) in [5.41, 5.74) is 2.72. The summed E-state index contributed by atoms with van der Waals surface area (Å²) in [7, 11) is 0. The Hall–Kier alpha value is -1.68. The SMILES string of the molecule is Cc1cc(O)ccc1NCc1cc(Br)ccc1O. The fraction of sp³-hybridized carbons (Fsp3) is 0.143. The van der Waals surface area contributed by atoms with Crippen LogP contribution in [0.25, 0.3) is 0 Å². The zero-order valence-electron chi connectivity index (χ0n) is 9.94. The Bertz CT molecular complexity index is 570. The van der Waals surface area contributed by atoms with Crippen molar-refractivity contribution in [3.63, 3.8) is 0 Å². The van der Waals surface area contributed by atoms with Crippen LogP contribution in [0.4, 0.5) is 5.69 Å². The first-order chi connectivity index (χ1) is 8.56. The molecule has 0 radical (unpaired) electrons. The molecular weight excluding hydrogens is 294 g/mol. The van der Waals surface area contributed by atoms with E-state index >= 15 is 0 Å². The average molecular weight is 308 g/mol. The smallest absolute Gasteiger partial charge is 0.120 e. The number of anilines is 1. The molecule has 2 aromatic rings. The van der Waals surface area contributed by atoms with Crippen molar-refractivity contribution in [3.05, 3.63) is 52.0 Å². The van der Waals surface area contributed by atoms with E-state index in [0.717, 1.165) is 21.3 Å². The van der Waals surface area contributed by atoms with Gasteiger partial charge < -0.3 is 15.5 Å². The van der Waals surface area contributed by atoms with Crippen molar-refractivity contribution >= 4 is 21.6 Å². The van der Waals surface area contributed by atoms with Crippen molar-refractivity contribution < 1.29 is 10.2 Å². The molecule has 0 saturated heterocycles. The average Bonchev–Trinajstić information content (AvgIpc) is 2.32. The molecule has 2 aromatic carbocycles. The van der Waals surface area contributed by atoms with E-state index in [1.54, 1.807) is 24.3 Å². The minimum Gasteiger partial charge on any atom is -0.508 e. The van der Waals surface area contributed by atoms with Gasteiger partial charge in [-0.3, -0.25) is 0 Å². The van der Waals surface area contributed by atoms with Gasteiger partial charge in [-0.15, -0.1) is 0 Å². The number of halogens is 1. The standard InChI is InChI=1S/C14H14BrNO2/c1-9-6-12(17)3-4-13(9)16-8-10-7-11(15)2-5-14(10)18/h2-7,16-18H,8H2,1H3. The quantitative estimate of drug-likeness (QED) is 0.756. The second-order valence-electron chi connectivity index (χ2n) is 4.13. The van der Waals surface area contributed by atoms with Crippen LogP contribution in [0.15, 0.2) is 40.9 Å². The molecule has 18 heavy (non-hydrogen) atoms. The van der Waals surface area contributed by atoms with Crippen molar-refractivity contribution in [1.29, 1.82) is 0 Å². The van der Waals surface area contributed by atoms with Crippen LogP contribution in [0.5, 0.6) is 11.5 Å². The first kappa shape index (κ1) is 12.8. The van der Waals surface area contributed by atoms with Crippen molar-refractivity contribution in [1.82, 2.24) is 0 Å². The molecule has 0 aliphatic rings. The Morgan fingerprint density at radius 3 is 2.61 bits per heavy atom. The second kappa shape index (κ2) is 5.31. The number of hydrogen-bond donors (Lipinski definition) is 3. The lowest BCUT2D eigenvalue weighted by molar-refractivity contribution is 0.469. The van der Waals surface area contributed by atoms with Crippen molar-refractivity contribution in [2.75, 3.05) is 5.32 Å². The molecule has 0 unspecified atom stereocenters. The van der Waals surface area contributed by atoms with Crippen LogP contribution in [0.1, 0.15) is 11.1 Å². The number of nitrogens with one attached hydrogen (secondary N) is 1. The minimum atomic E-state index is 0.253. The largest absolute Gasteiger partial charge is 0.508 e. The van der Waals surface area contributed by atoms with E-state index in [1.165, 1.54) is 0 Å². The molecule has 0 fully saturated rings. The van der Waals surface area contributed by atoms with E-state index in [9.17, 15) is 10.2 Å². The fourth-order valence-corrected chi connectivity index (χ4v) is 2.14. The molecular formula is C14H14BrNO2. The summed E-state index contributed by atoms with van der Waals surface area (Å²) in [6.45, 7) is 2.44. The molecule has 0 heterocycles. The van der Waals surface area contributed by atoms with Crippen LogP contribution in [0.2, 0.25) is 0 Å². The molecule has 0 bridgehead atoms. The third-order valence-electron chi connectivity index (χ3n) is 2.72. The normalized spacial score (nSPS) is 10.3. The predicted molar refractivity (Wildman–Crippen MR) is 76.0 cm³/mol. The summed E-state index contributed by atoms with van der Waals surface area (Å²) in [5, 5.41) is 22.3. The van der Waals surface area contributed by atoms with Gasteiger partial charge in [0.15, 0.2) is 0 Å². The van der Waals surface area contributed by atoms with E-state index in [0.29, 0.717) is 6.54 Å². The number of rotatable bonds is 3.